The minimum absolute atomic E-state index is 0.0491. The highest BCUT2D eigenvalue weighted by molar-refractivity contribution is 6.02. The van der Waals surface area contributed by atoms with Crippen molar-refractivity contribution < 1.29 is 14.6 Å². The van der Waals surface area contributed by atoms with E-state index in [0.717, 1.165) is 55.1 Å². The Morgan fingerprint density at radius 2 is 1.90 bits per heavy atom. The molecule has 4 rings (SSSR count). The Bertz CT molecular complexity index is 920. The summed E-state index contributed by atoms with van der Waals surface area (Å²) in [6, 6.07) is 13.7. The highest BCUT2D eigenvalue weighted by Gasteiger charge is 2.40. The minimum Gasteiger partial charge on any atom is -0.504 e. The zero-order chi connectivity index (χ0) is 21.1. The van der Waals surface area contributed by atoms with Gasteiger partial charge in [0.1, 0.15) is 11.4 Å². The van der Waals surface area contributed by atoms with Crippen molar-refractivity contribution in [3.05, 3.63) is 53.6 Å². The van der Waals surface area contributed by atoms with Crippen molar-refractivity contribution in [1.29, 1.82) is 0 Å². The fraction of sp³-hybridized carbons (Fsp3) is 0.458. The van der Waals surface area contributed by atoms with E-state index in [2.05, 4.69) is 23.2 Å². The number of phenols is 1. The third kappa shape index (κ3) is 4.02. The molecule has 2 aromatic rings. The van der Waals surface area contributed by atoms with E-state index in [1.165, 1.54) is 0 Å². The second kappa shape index (κ2) is 8.66. The molecular weight excluding hydrogens is 378 g/mol. The molecule has 30 heavy (non-hydrogen) atoms. The summed E-state index contributed by atoms with van der Waals surface area (Å²) in [5, 5.41) is 14.6. The van der Waals surface area contributed by atoms with E-state index in [9.17, 15) is 5.11 Å². The summed E-state index contributed by atoms with van der Waals surface area (Å²) < 4.78 is 10.8. The second-order valence-electron chi connectivity index (χ2n) is 8.06. The van der Waals surface area contributed by atoms with E-state index >= 15 is 0 Å². The number of hydrogen-bond acceptors (Lipinski definition) is 6. The normalized spacial score (nSPS) is 21.3. The quantitative estimate of drug-likeness (QED) is 0.787. The molecule has 2 N–H and O–H groups in total. The van der Waals surface area contributed by atoms with Gasteiger partial charge in [-0.15, -0.1) is 0 Å². The topological polar surface area (TPSA) is 66.3 Å². The Balaban J connectivity index is 1.73. The molecule has 0 unspecified atom stereocenters. The molecule has 0 aliphatic carbocycles. The smallest absolute Gasteiger partial charge is 0.162 e. The van der Waals surface area contributed by atoms with Gasteiger partial charge in [0, 0.05) is 36.8 Å². The molecule has 1 spiro atoms. The number of ether oxygens (including phenoxy) is 2. The van der Waals surface area contributed by atoms with Crippen molar-refractivity contribution in [2.24, 2.45) is 4.99 Å². The first-order valence-corrected chi connectivity index (χ1v) is 10.7. The summed E-state index contributed by atoms with van der Waals surface area (Å²) >= 11 is 0. The average Bonchev–Trinajstić information content (AvgIpc) is 2.79. The molecule has 2 heterocycles. The lowest BCUT2D eigenvalue weighted by atomic mass is 9.87. The average molecular weight is 410 g/mol. The fourth-order valence-corrected chi connectivity index (χ4v) is 4.56. The summed E-state index contributed by atoms with van der Waals surface area (Å²) in [4.78, 5) is 7.70. The van der Waals surface area contributed by atoms with E-state index in [-0.39, 0.29) is 17.5 Å². The molecule has 1 saturated heterocycles. The van der Waals surface area contributed by atoms with Crippen molar-refractivity contribution in [1.82, 2.24) is 10.2 Å². The second-order valence-corrected chi connectivity index (χ2v) is 8.06. The van der Waals surface area contributed by atoms with Crippen LogP contribution in [0.4, 0.5) is 0 Å². The molecule has 0 amide bonds. The van der Waals surface area contributed by atoms with Crippen molar-refractivity contribution in [2.75, 3.05) is 33.9 Å². The first-order valence-electron chi connectivity index (χ1n) is 10.7. The highest BCUT2D eigenvalue weighted by atomic mass is 16.5. The zero-order valence-electron chi connectivity index (χ0n) is 18.0. The lowest BCUT2D eigenvalue weighted by Crippen LogP contribution is -2.56. The predicted molar refractivity (Wildman–Crippen MR) is 119 cm³/mol. The largest absolute Gasteiger partial charge is 0.504 e. The maximum Gasteiger partial charge on any atom is 0.162 e. The van der Waals surface area contributed by atoms with E-state index in [1.807, 2.05) is 30.3 Å². The van der Waals surface area contributed by atoms with Crippen molar-refractivity contribution in [3.8, 4) is 17.2 Å². The van der Waals surface area contributed by atoms with E-state index < -0.39 is 0 Å². The zero-order valence-corrected chi connectivity index (χ0v) is 18.0. The molecule has 0 aromatic heterocycles. The van der Waals surface area contributed by atoms with Gasteiger partial charge in [-0.25, -0.2) is 0 Å². The monoisotopic (exact) mass is 409 g/mol. The van der Waals surface area contributed by atoms with Gasteiger partial charge in [-0.1, -0.05) is 31.2 Å². The number of hydrogen-bond donors (Lipinski definition) is 2. The number of aromatic hydroxyl groups is 1. The molecule has 2 aliphatic heterocycles. The van der Waals surface area contributed by atoms with Gasteiger partial charge in [-0.05, 0) is 43.1 Å². The fourth-order valence-electron chi connectivity index (χ4n) is 4.56. The Hall–Kier alpha value is -2.57. The highest BCUT2D eigenvalue weighted by Crippen LogP contribution is 2.40. The van der Waals surface area contributed by atoms with Gasteiger partial charge in [0.15, 0.2) is 11.5 Å². The molecular formula is C24H31N3O3. The number of likely N-dealkylation sites (tertiary alicyclic amines) is 1. The standard InChI is InChI=1S/C24H31N3O3/c1-4-27-13-11-24(12-14-27)25-20(17-7-5-8-18(15-17)29-2)16-21(26-24)19-9-6-10-22(30-3)23(19)28/h5-10,15,21,26,28H,4,11-14,16H2,1-3H3/t21-/m0/s1. The molecule has 1 fully saturated rings. The maximum atomic E-state index is 10.8. The number of methoxy groups -OCH3 is 2. The van der Waals surface area contributed by atoms with Crippen LogP contribution in [0.2, 0.25) is 0 Å². The van der Waals surface area contributed by atoms with Crippen molar-refractivity contribution in [3.63, 3.8) is 0 Å². The number of benzene rings is 2. The first-order chi connectivity index (χ1) is 14.6. The van der Waals surface area contributed by atoms with Crippen LogP contribution in [-0.4, -0.2) is 55.2 Å². The molecule has 6 nitrogen and oxygen atoms in total. The van der Waals surface area contributed by atoms with Crippen LogP contribution in [0.5, 0.6) is 17.2 Å². The van der Waals surface area contributed by atoms with E-state index in [0.29, 0.717) is 12.2 Å². The lowest BCUT2D eigenvalue weighted by molar-refractivity contribution is 0.129. The number of phenolic OH excluding ortho intramolecular Hbond substituents is 1. The van der Waals surface area contributed by atoms with Gasteiger partial charge in [0.05, 0.1) is 14.2 Å². The molecule has 0 bridgehead atoms. The van der Waals surface area contributed by atoms with Gasteiger partial charge in [-0.2, -0.15) is 0 Å². The van der Waals surface area contributed by atoms with Crippen molar-refractivity contribution >= 4 is 5.71 Å². The van der Waals surface area contributed by atoms with Crippen LogP contribution in [0.3, 0.4) is 0 Å². The molecule has 2 aliphatic rings. The molecule has 0 radical (unpaired) electrons. The predicted octanol–water partition coefficient (Wildman–Crippen LogP) is 3.75. The van der Waals surface area contributed by atoms with E-state index in [4.69, 9.17) is 14.5 Å². The van der Waals surface area contributed by atoms with Crippen LogP contribution in [0.25, 0.3) is 0 Å². The van der Waals surface area contributed by atoms with Gasteiger partial charge in [-0.3, -0.25) is 10.3 Å². The van der Waals surface area contributed by atoms with Crippen LogP contribution in [-0.2, 0) is 0 Å². The summed E-state index contributed by atoms with van der Waals surface area (Å²) in [6.07, 6.45) is 2.57. The summed E-state index contributed by atoms with van der Waals surface area (Å²) in [6.45, 7) is 5.28. The first kappa shape index (κ1) is 20.7. The maximum absolute atomic E-state index is 10.8. The molecule has 6 heteroatoms. The van der Waals surface area contributed by atoms with Crippen LogP contribution >= 0.6 is 0 Å². The molecule has 1 atom stereocenters. The van der Waals surface area contributed by atoms with Crippen molar-refractivity contribution in [2.45, 2.75) is 37.9 Å². The van der Waals surface area contributed by atoms with Crippen LogP contribution in [0, 0.1) is 0 Å². The lowest BCUT2D eigenvalue weighted by Gasteiger charge is -2.45. The summed E-state index contributed by atoms with van der Waals surface area (Å²) in [5.74, 6) is 1.52. The van der Waals surface area contributed by atoms with Crippen LogP contribution in [0.15, 0.2) is 47.5 Å². The Morgan fingerprint density at radius 3 is 2.60 bits per heavy atom. The number of nitrogens with one attached hydrogen (secondary N) is 1. The Labute approximate surface area is 178 Å². The Morgan fingerprint density at radius 1 is 1.13 bits per heavy atom. The number of aliphatic imine (C=N–C) groups is 1. The summed E-state index contributed by atoms with van der Waals surface area (Å²) in [5.41, 5.74) is 2.63. The third-order valence-electron chi connectivity index (χ3n) is 6.35. The van der Waals surface area contributed by atoms with Gasteiger partial charge < -0.3 is 19.5 Å². The molecule has 0 saturated carbocycles. The Kier molecular flexibility index (Phi) is 5.97. The molecule has 2 aromatic carbocycles. The minimum atomic E-state index is -0.331. The molecule has 160 valence electrons. The number of nitrogens with zero attached hydrogens (tertiary/aromatic N) is 2. The van der Waals surface area contributed by atoms with Gasteiger partial charge >= 0.3 is 0 Å². The van der Waals surface area contributed by atoms with Gasteiger partial charge in [0.2, 0.25) is 0 Å². The third-order valence-corrected chi connectivity index (χ3v) is 6.35. The van der Waals surface area contributed by atoms with Crippen LogP contribution in [0.1, 0.15) is 43.4 Å². The number of piperidine rings is 1. The van der Waals surface area contributed by atoms with Crippen LogP contribution < -0.4 is 14.8 Å². The van der Waals surface area contributed by atoms with E-state index in [1.54, 1.807) is 20.3 Å². The SMILES string of the molecule is CCN1CCC2(CC1)N=C(c1cccc(OC)c1)C[C@@H](c1cccc(OC)c1O)N2. The van der Waals surface area contributed by atoms with Gasteiger partial charge in [0.25, 0.3) is 0 Å². The number of rotatable bonds is 5. The summed E-state index contributed by atoms with van der Waals surface area (Å²) in [7, 11) is 3.26. The number of para-hydroxylation sites is 1.